The Balaban J connectivity index is 0.00000180. The van der Waals surface area contributed by atoms with E-state index in [2.05, 4.69) is 36.6 Å². The zero-order valence-corrected chi connectivity index (χ0v) is 12.4. The van der Waals surface area contributed by atoms with Crippen LogP contribution in [-0.2, 0) is 10.2 Å². The summed E-state index contributed by atoms with van der Waals surface area (Å²) in [6.07, 6.45) is 2.05. The number of nitrogens with one attached hydrogen (secondary N) is 2. The van der Waals surface area contributed by atoms with Crippen LogP contribution >= 0.6 is 12.4 Å². The quantitative estimate of drug-likeness (QED) is 0.889. The van der Waals surface area contributed by atoms with Gasteiger partial charge >= 0.3 is 0 Å². The van der Waals surface area contributed by atoms with Crippen LogP contribution < -0.4 is 10.6 Å². The SMILES string of the molecule is CC(C)(CNC(=O)[C@@H]1CCCN1)c1ccccc1.Cl. The summed E-state index contributed by atoms with van der Waals surface area (Å²) in [5.74, 6) is 0.136. The van der Waals surface area contributed by atoms with Gasteiger partial charge < -0.3 is 10.6 Å². The van der Waals surface area contributed by atoms with Gasteiger partial charge in [0.2, 0.25) is 5.91 Å². The van der Waals surface area contributed by atoms with Crippen molar-refractivity contribution in [3.63, 3.8) is 0 Å². The molecule has 2 N–H and O–H groups in total. The normalized spacial score (nSPS) is 18.7. The van der Waals surface area contributed by atoms with E-state index in [1.165, 1.54) is 5.56 Å². The summed E-state index contributed by atoms with van der Waals surface area (Å²) in [5, 5.41) is 6.28. The van der Waals surface area contributed by atoms with Gasteiger partial charge in [0.15, 0.2) is 0 Å². The Kier molecular flexibility index (Phi) is 5.83. The highest BCUT2D eigenvalue weighted by atomic mass is 35.5. The van der Waals surface area contributed by atoms with Crippen LogP contribution in [0.3, 0.4) is 0 Å². The van der Waals surface area contributed by atoms with Gasteiger partial charge in [-0.05, 0) is 24.9 Å². The first-order valence-electron chi connectivity index (χ1n) is 6.66. The number of amides is 1. The lowest BCUT2D eigenvalue weighted by Gasteiger charge is -2.26. The van der Waals surface area contributed by atoms with Crippen LogP contribution in [0.15, 0.2) is 30.3 Å². The van der Waals surface area contributed by atoms with E-state index < -0.39 is 0 Å². The molecule has 0 spiro atoms. The summed E-state index contributed by atoms with van der Waals surface area (Å²) in [5.41, 5.74) is 1.22. The van der Waals surface area contributed by atoms with Gasteiger partial charge in [-0.25, -0.2) is 0 Å². The molecule has 3 nitrogen and oxygen atoms in total. The minimum atomic E-state index is -0.0322. The summed E-state index contributed by atoms with van der Waals surface area (Å²) in [6.45, 7) is 5.95. The van der Waals surface area contributed by atoms with Gasteiger partial charge in [0.25, 0.3) is 0 Å². The second-order valence-electron chi connectivity index (χ2n) is 5.62. The molecule has 1 fully saturated rings. The fourth-order valence-corrected chi connectivity index (χ4v) is 2.33. The average molecular weight is 283 g/mol. The largest absolute Gasteiger partial charge is 0.354 e. The van der Waals surface area contributed by atoms with Gasteiger partial charge in [-0.3, -0.25) is 4.79 Å². The number of carbonyl (C=O) groups is 1. The first kappa shape index (κ1) is 16.0. The summed E-state index contributed by atoms with van der Waals surface area (Å²) >= 11 is 0. The third-order valence-electron chi connectivity index (χ3n) is 3.64. The molecule has 1 amide bonds. The highest BCUT2D eigenvalue weighted by Crippen LogP contribution is 2.21. The minimum Gasteiger partial charge on any atom is -0.354 e. The van der Waals surface area contributed by atoms with Gasteiger partial charge in [-0.1, -0.05) is 44.2 Å². The molecule has 2 rings (SSSR count). The first-order chi connectivity index (χ1) is 8.59. The maximum atomic E-state index is 11.9. The van der Waals surface area contributed by atoms with Crippen LogP contribution in [0.25, 0.3) is 0 Å². The summed E-state index contributed by atoms with van der Waals surface area (Å²) < 4.78 is 0. The molecule has 1 aliphatic rings. The lowest BCUT2D eigenvalue weighted by molar-refractivity contribution is -0.123. The Bertz CT molecular complexity index is 400. The third kappa shape index (κ3) is 4.22. The number of hydrogen-bond donors (Lipinski definition) is 2. The monoisotopic (exact) mass is 282 g/mol. The molecule has 0 unspecified atom stereocenters. The maximum absolute atomic E-state index is 11.9. The Labute approximate surface area is 121 Å². The fraction of sp³-hybridized carbons (Fsp3) is 0.533. The second-order valence-corrected chi connectivity index (χ2v) is 5.62. The zero-order chi connectivity index (χ0) is 13.0. The first-order valence-corrected chi connectivity index (χ1v) is 6.66. The van der Waals surface area contributed by atoms with Crippen molar-refractivity contribution in [2.45, 2.75) is 38.1 Å². The highest BCUT2D eigenvalue weighted by Gasteiger charge is 2.25. The van der Waals surface area contributed by atoms with Crippen molar-refractivity contribution in [2.75, 3.05) is 13.1 Å². The van der Waals surface area contributed by atoms with Crippen molar-refractivity contribution in [3.05, 3.63) is 35.9 Å². The van der Waals surface area contributed by atoms with Gasteiger partial charge in [-0.2, -0.15) is 0 Å². The number of carbonyl (C=O) groups excluding carboxylic acids is 1. The van der Waals surface area contributed by atoms with E-state index >= 15 is 0 Å². The molecule has 106 valence electrons. The molecular weight excluding hydrogens is 260 g/mol. The molecule has 1 saturated heterocycles. The highest BCUT2D eigenvalue weighted by molar-refractivity contribution is 5.85. The topological polar surface area (TPSA) is 41.1 Å². The van der Waals surface area contributed by atoms with E-state index in [4.69, 9.17) is 0 Å². The molecule has 0 aromatic heterocycles. The molecule has 0 saturated carbocycles. The smallest absolute Gasteiger partial charge is 0.237 e. The number of hydrogen-bond acceptors (Lipinski definition) is 2. The minimum absolute atomic E-state index is 0. The summed E-state index contributed by atoms with van der Waals surface area (Å²) in [6, 6.07) is 10.3. The second kappa shape index (κ2) is 6.92. The van der Waals surface area contributed by atoms with Crippen molar-refractivity contribution in [1.82, 2.24) is 10.6 Å². The molecule has 0 bridgehead atoms. The Morgan fingerprint density at radius 1 is 1.37 bits per heavy atom. The number of benzene rings is 1. The summed E-state index contributed by atoms with van der Waals surface area (Å²) in [4.78, 5) is 11.9. The van der Waals surface area contributed by atoms with Crippen molar-refractivity contribution in [2.24, 2.45) is 0 Å². The Morgan fingerprint density at radius 2 is 2.05 bits per heavy atom. The molecule has 19 heavy (non-hydrogen) atoms. The van der Waals surface area contributed by atoms with Crippen LogP contribution in [0.4, 0.5) is 0 Å². The molecule has 0 radical (unpaired) electrons. The Hall–Kier alpha value is -1.06. The molecule has 0 aliphatic carbocycles. The molecule has 1 aliphatic heterocycles. The van der Waals surface area contributed by atoms with E-state index in [-0.39, 0.29) is 29.8 Å². The van der Waals surface area contributed by atoms with Gasteiger partial charge in [0.1, 0.15) is 0 Å². The van der Waals surface area contributed by atoms with Crippen LogP contribution in [0.5, 0.6) is 0 Å². The van der Waals surface area contributed by atoms with E-state index in [1.54, 1.807) is 0 Å². The predicted octanol–water partition coefficient (Wildman–Crippen LogP) is 2.25. The molecule has 4 heteroatoms. The van der Waals surface area contributed by atoms with Crippen molar-refractivity contribution >= 4 is 18.3 Å². The standard InChI is InChI=1S/C15H22N2O.ClH/c1-15(2,12-7-4-3-5-8-12)11-17-14(18)13-9-6-10-16-13;/h3-5,7-8,13,16H,6,9-11H2,1-2H3,(H,17,18);1H/t13-;/m0./s1. The van der Waals surface area contributed by atoms with Crippen LogP contribution in [-0.4, -0.2) is 25.0 Å². The molecule has 1 aromatic rings. The van der Waals surface area contributed by atoms with E-state index in [1.807, 2.05) is 18.2 Å². The molecule has 1 atom stereocenters. The van der Waals surface area contributed by atoms with Crippen molar-refractivity contribution < 1.29 is 4.79 Å². The maximum Gasteiger partial charge on any atom is 0.237 e. The van der Waals surface area contributed by atoms with Crippen molar-refractivity contribution in [3.8, 4) is 0 Å². The summed E-state index contributed by atoms with van der Waals surface area (Å²) in [7, 11) is 0. The lowest BCUT2D eigenvalue weighted by atomic mass is 9.84. The van der Waals surface area contributed by atoms with E-state index in [9.17, 15) is 4.79 Å². The average Bonchev–Trinajstić information content (AvgIpc) is 2.91. The van der Waals surface area contributed by atoms with Crippen LogP contribution in [0.1, 0.15) is 32.3 Å². The Morgan fingerprint density at radius 3 is 2.63 bits per heavy atom. The predicted molar refractivity (Wildman–Crippen MR) is 80.8 cm³/mol. The number of halogens is 1. The van der Waals surface area contributed by atoms with Crippen LogP contribution in [0, 0.1) is 0 Å². The van der Waals surface area contributed by atoms with Crippen molar-refractivity contribution in [1.29, 1.82) is 0 Å². The van der Waals surface area contributed by atoms with E-state index in [0.29, 0.717) is 6.54 Å². The van der Waals surface area contributed by atoms with Gasteiger partial charge in [-0.15, -0.1) is 12.4 Å². The third-order valence-corrected chi connectivity index (χ3v) is 3.64. The number of rotatable bonds is 4. The lowest BCUT2D eigenvalue weighted by Crippen LogP contribution is -2.45. The zero-order valence-electron chi connectivity index (χ0n) is 11.6. The van der Waals surface area contributed by atoms with Crippen LogP contribution in [0.2, 0.25) is 0 Å². The molecular formula is C15H23ClN2O. The molecule has 1 aromatic carbocycles. The van der Waals surface area contributed by atoms with E-state index in [0.717, 1.165) is 19.4 Å². The fourth-order valence-electron chi connectivity index (χ4n) is 2.33. The molecule has 1 heterocycles. The van der Waals surface area contributed by atoms with Gasteiger partial charge in [0, 0.05) is 12.0 Å². The van der Waals surface area contributed by atoms with Gasteiger partial charge in [0.05, 0.1) is 6.04 Å².